The van der Waals surface area contributed by atoms with Crippen LogP contribution in [-0.4, -0.2) is 9.91 Å². The van der Waals surface area contributed by atoms with Crippen LogP contribution in [0.4, 0.5) is 10.1 Å². The predicted octanol–water partition coefficient (Wildman–Crippen LogP) is 4.12. The molecule has 0 N–H and O–H groups in total. The summed E-state index contributed by atoms with van der Waals surface area (Å²) in [7, 11) is 0. The molecule has 1 aromatic heterocycles. The largest absolute Gasteiger partial charge is 0.481 e. The van der Waals surface area contributed by atoms with Gasteiger partial charge in [-0.05, 0) is 39.7 Å². The molecule has 20 heavy (non-hydrogen) atoms. The van der Waals surface area contributed by atoms with Crippen LogP contribution in [0.15, 0.2) is 34.9 Å². The first-order chi connectivity index (χ1) is 9.47. The first-order valence-electron chi connectivity index (χ1n) is 5.34. The minimum absolute atomic E-state index is 0.0377. The molecular formula is C12H7BrClFN2O3. The summed E-state index contributed by atoms with van der Waals surface area (Å²) in [5.74, 6) is -0.757. The van der Waals surface area contributed by atoms with Gasteiger partial charge in [-0.3, -0.25) is 10.1 Å². The van der Waals surface area contributed by atoms with Crippen LogP contribution in [0.3, 0.4) is 0 Å². The van der Waals surface area contributed by atoms with E-state index in [9.17, 15) is 14.5 Å². The summed E-state index contributed by atoms with van der Waals surface area (Å²) in [6.45, 7) is 0.0489. The molecule has 0 bridgehead atoms. The Hall–Kier alpha value is -1.73. The van der Waals surface area contributed by atoms with Gasteiger partial charge in [0.2, 0.25) is 5.75 Å². The molecule has 0 saturated carbocycles. The van der Waals surface area contributed by atoms with Crippen molar-refractivity contribution in [3.63, 3.8) is 0 Å². The molecule has 0 amide bonds. The molecule has 0 saturated heterocycles. The highest BCUT2D eigenvalue weighted by atomic mass is 79.9. The molecule has 0 spiro atoms. The van der Waals surface area contributed by atoms with Crippen LogP contribution in [0.5, 0.6) is 5.75 Å². The standard InChI is InChI=1S/C12H7BrClFN2O3/c13-9-4-8(15)5-10(17(18)19)12(9)20-6-7-1-2-16-11(14)3-7/h1-5H,6H2. The van der Waals surface area contributed by atoms with Crippen LogP contribution in [0.2, 0.25) is 5.15 Å². The van der Waals surface area contributed by atoms with Gasteiger partial charge in [-0.2, -0.15) is 0 Å². The van der Waals surface area contributed by atoms with E-state index in [1.165, 1.54) is 6.20 Å². The molecule has 1 aromatic carbocycles. The molecule has 1 heterocycles. The molecule has 0 atom stereocenters. The minimum Gasteiger partial charge on any atom is -0.481 e. The van der Waals surface area contributed by atoms with Crippen LogP contribution in [-0.2, 0) is 6.61 Å². The summed E-state index contributed by atoms with van der Waals surface area (Å²) in [4.78, 5) is 14.0. The zero-order valence-corrected chi connectivity index (χ0v) is 12.2. The van der Waals surface area contributed by atoms with E-state index < -0.39 is 16.4 Å². The number of hydrogen-bond acceptors (Lipinski definition) is 4. The topological polar surface area (TPSA) is 65.3 Å². The molecule has 0 radical (unpaired) electrons. The number of nitro groups is 1. The summed E-state index contributed by atoms with van der Waals surface area (Å²) in [5, 5.41) is 11.2. The lowest BCUT2D eigenvalue weighted by atomic mass is 10.2. The second-order valence-corrected chi connectivity index (χ2v) is 5.01. The Balaban J connectivity index is 2.27. The lowest BCUT2D eigenvalue weighted by molar-refractivity contribution is -0.386. The first kappa shape index (κ1) is 14.7. The lowest BCUT2D eigenvalue weighted by Crippen LogP contribution is -2.01. The number of halogens is 3. The van der Waals surface area contributed by atoms with Crippen molar-refractivity contribution in [1.29, 1.82) is 0 Å². The molecule has 2 rings (SSSR count). The van der Waals surface area contributed by atoms with Crippen LogP contribution in [0.25, 0.3) is 0 Å². The summed E-state index contributed by atoms with van der Waals surface area (Å²) in [5.41, 5.74) is 0.243. The maximum absolute atomic E-state index is 13.2. The number of nitro benzene ring substituents is 1. The third-order valence-corrected chi connectivity index (χ3v) is 3.16. The zero-order valence-electron chi connectivity index (χ0n) is 9.85. The molecule has 104 valence electrons. The number of pyridine rings is 1. The molecule has 2 aromatic rings. The molecule has 0 unspecified atom stereocenters. The SMILES string of the molecule is O=[N+]([O-])c1cc(F)cc(Br)c1OCc1ccnc(Cl)c1. The van der Waals surface area contributed by atoms with Gasteiger partial charge >= 0.3 is 5.69 Å². The lowest BCUT2D eigenvalue weighted by Gasteiger charge is -2.09. The van der Waals surface area contributed by atoms with Crippen LogP contribution >= 0.6 is 27.5 Å². The highest BCUT2D eigenvalue weighted by molar-refractivity contribution is 9.10. The van der Waals surface area contributed by atoms with Gasteiger partial charge in [0.25, 0.3) is 0 Å². The van der Waals surface area contributed by atoms with Gasteiger partial charge in [-0.25, -0.2) is 9.37 Å². The van der Waals surface area contributed by atoms with E-state index in [1.54, 1.807) is 12.1 Å². The van der Waals surface area contributed by atoms with Crippen molar-refractivity contribution < 1.29 is 14.1 Å². The Morgan fingerprint density at radius 2 is 2.20 bits per heavy atom. The van der Waals surface area contributed by atoms with Crippen LogP contribution < -0.4 is 4.74 Å². The summed E-state index contributed by atoms with van der Waals surface area (Å²) >= 11 is 8.77. The van der Waals surface area contributed by atoms with E-state index in [0.29, 0.717) is 10.7 Å². The fourth-order valence-corrected chi connectivity index (χ4v) is 2.25. The van der Waals surface area contributed by atoms with E-state index in [4.69, 9.17) is 16.3 Å². The van der Waals surface area contributed by atoms with Gasteiger partial charge in [0.1, 0.15) is 17.6 Å². The molecule has 5 nitrogen and oxygen atoms in total. The van der Waals surface area contributed by atoms with E-state index >= 15 is 0 Å². The second-order valence-electron chi connectivity index (χ2n) is 3.77. The molecule has 0 aliphatic heterocycles. The molecule has 0 fully saturated rings. The van der Waals surface area contributed by atoms with E-state index in [0.717, 1.165) is 12.1 Å². The Labute approximate surface area is 126 Å². The van der Waals surface area contributed by atoms with Gasteiger partial charge in [0.15, 0.2) is 0 Å². The van der Waals surface area contributed by atoms with Crippen molar-refractivity contribution in [1.82, 2.24) is 4.98 Å². The number of rotatable bonds is 4. The normalized spacial score (nSPS) is 10.3. The van der Waals surface area contributed by atoms with Gasteiger partial charge in [-0.1, -0.05) is 11.6 Å². The van der Waals surface area contributed by atoms with Crippen LogP contribution in [0.1, 0.15) is 5.56 Å². The predicted molar refractivity (Wildman–Crippen MR) is 74.3 cm³/mol. The van der Waals surface area contributed by atoms with E-state index in [-0.39, 0.29) is 16.8 Å². The fourth-order valence-electron chi connectivity index (χ4n) is 1.51. The molecule has 0 aliphatic rings. The monoisotopic (exact) mass is 360 g/mol. The quantitative estimate of drug-likeness (QED) is 0.467. The Morgan fingerprint density at radius 1 is 1.45 bits per heavy atom. The summed E-state index contributed by atoms with van der Waals surface area (Å²) in [6, 6.07) is 5.14. The van der Waals surface area contributed by atoms with E-state index in [2.05, 4.69) is 20.9 Å². The average Bonchev–Trinajstić information content (AvgIpc) is 2.36. The van der Waals surface area contributed by atoms with Crippen molar-refractivity contribution in [3.05, 3.63) is 61.6 Å². The molecule has 8 heteroatoms. The minimum atomic E-state index is -0.720. The maximum Gasteiger partial charge on any atom is 0.315 e. The Bertz CT molecular complexity index is 669. The number of nitrogens with zero attached hydrogens (tertiary/aromatic N) is 2. The number of aromatic nitrogens is 1. The Morgan fingerprint density at radius 3 is 2.85 bits per heavy atom. The number of ether oxygens (including phenoxy) is 1. The smallest absolute Gasteiger partial charge is 0.315 e. The average molecular weight is 362 g/mol. The van der Waals surface area contributed by atoms with Crippen molar-refractivity contribution in [3.8, 4) is 5.75 Å². The highest BCUT2D eigenvalue weighted by Crippen LogP contribution is 2.36. The Kier molecular flexibility index (Phi) is 4.51. The number of benzene rings is 1. The van der Waals surface area contributed by atoms with Gasteiger partial charge < -0.3 is 4.74 Å². The second kappa shape index (κ2) is 6.15. The third-order valence-electron chi connectivity index (χ3n) is 2.36. The van der Waals surface area contributed by atoms with Crippen molar-refractivity contribution in [2.45, 2.75) is 6.61 Å². The van der Waals surface area contributed by atoms with Gasteiger partial charge in [0, 0.05) is 6.20 Å². The summed E-state index contributed by atoms with van der Waals surface area (Å²) in [6.07, 6.45) is 1.50. The number of hydrogen-bond donors (Lipinski definition) is 0. The zero-order chi connectivity index (χ0) is 14.7. The van der Waals surface area contributed by atoms with Crippen LogP contribution in [0, 0.1) is 15.9 Å². The van der Waals surface area contributed by atoms with Gasteiger partial charge in [-0.15, -0.1) is 0 Å². The molecular weight excluding hydrogens is 354 g/mol. The highest BCUT2D eigenvalue weighted by Gasteiger charge is 2.20. The first-order valence-corrected chi connectivity index (χ1v) is 6.51. The third kappa shape index (κ3) is 3.43. The van der Waals surface area contributed by atoms with E-state index in [1.807, 2.05) is 0 Å². The molecule has 0 aliphatic carbocycles. The maximum atomic E-state index is 13.2. The summed E-state index contributed by atoms with van der Waals surface area (Å²) < 4.78 is 18.7. The van der Waals surface area contributed by atoms with Crippen molar-refractivity contribution >= 4 is 33.2 Å². The fraction of sp³-hybridized carbons (Fsp3) is 0.0833. The van der Waals surface area contributed by atoms with Crippen molar-refractivity contribution in [2.24, 2.45) is 0 Å². The van der Waals surface area contributed by atoms with Crippen molar-refractivity contribution in [2.75, 3.05) is 0 Å². The van der Waals surface area contributed by atoms with Gasteiger partial charge in [0.05, 0.1) is 15.5 Å².